The second kappa shape index (κ2) is 9.34. The minimum Gasteiger partial charge on any atom is -0.349 e. The highest BCUT2D eigenvalue weighted by atomic mass is 16.2. The predicted octanol–water partition coefficient (Wildman–Crippen LogP) is 1.20. The number of likely N-dealkylation sites (N-methyl/N-ethyl adjacent to an activating group) is 1. The Labute approximate surface area is 170 Å². The highest BCUT2D eigenvalue weighted by molar-refractivity contribution is 6.40. The molecule has 0 fully saturated rings. The van der Waals surface area contributed by atoms with Gasteiger partial charge >= 0.3 is 11.8 Å². The number of fused-ring (bicyclic) bond motifs is 1. The predicted molar refractivity (Wildman–Crippen MR) is 112 cm³/mol. The maximum absolute atomic E-state index is 12.8. The monoisotopic (exact) mass is 394 g/mol. The van der Waals surface area contributed by atoms with Crippen LogP contribution in [0.5, 0.6) is 0 Å². The highest BCUT2D eigenvalue weighted by Crippen LogP contribution is 2.22. The van der Waals surface area contributed by atoms with Crippen LogP contribution in [0.1, 0.15) is 21.5 Å². The van der Waals surface area contributed by atoms with Crippen LogP contribution < -0.4 is 16.0 Å². The number of carbonyl (C=O) groups is 3. The fourth-order valence-electron chi connectivity index (χ4n) is 3.37. The summed E-state index contributed by atoms with van der Waals surface area (Å²) in [5.41, 5.74) is 3.13. The molecule has 0 radical (unpaired) electrons. The van der Waals surface area contributed by atoms with Crippen LogP contribution >= 0.6 is 0 Å². The number of anilines is 1. The van der Waals surface area contributed by atoms with Crippen molar-refractivity contribution in [2.75, 3.05) is 32.5 Å². The Kier molecular flexibility index (Phi) is 6.61. The zero-order chi connectivity index (χ0) is 20.8. The van der Waals surface area contributed by atoms with Gasteiger partial charge in [-0.25, -0.2) is 0 Å². The van der Waals surface area contributed by atoms with E-state index < -0.39 is 11.8 Å². The van der Waals surface area contributed by atoms with Gasteiger partial charge in [0, 0.05) is 19.1 Å². The van der Waals surface area contributed by atoms with Crippen molar-refractivity contribution in [3.05, 3.63) is 65.2 Å². The maximum atomic E-state index is 12.8. The Morgan fingerprint density at radius 2 is 1.55 bits per heavy atom. The lowest BCUT2D eigenvalue weighted by atomic mass is 10.1. The van der Waals surface area contributed by atoms with Gasteiger partial charge in [0.05, 0.1) is 11.3 Å². The van der Waals surface area contributed by atoms with E-state index in [1.54, 1.807) is 24.3 Å². The number of nitrogens with zero attached hydrogens (tertiary/aromatic N) is 1. The highest BCUT2D eigenvalue weighted by Gasteiger charge is 2.24. The topological polar surface area (TPSA) is 90.5 Å². The van der Waals surface area contributed by atoms with Gasteiger partial charge in [-0.05, 0) is 50.2 Å². The molecular weight excluding hydrogens is 368 g/mol. The van der Waals surface area contributed by atoms with E-state index >= 15 is 0 Å². The first-order valence-electron chi connectivity index (χ1n) is 9.64. The molecule has 7 heteroatoms. The van der Waals surface area contributed by atoms with Crippen LogP contribution in [0, 0.1) is 0 Å². The number of benzene rings is 2. The van der Waals surface area contributed by atoms with Gasteiger partial charge in [0.1, 0.15) is 0 Å². The first kappa shape index (κ1) is 20.5. The molecule has 0 saturated heterocycles. The van der Waals surface area contributed by atoms with Crippen LogP contribution in [-0.4, -0.2) is 55.8 Å². The number of hydrogen-bond donors (Lipinski definition) is 3. The summed E-state index contributed by atoms with van der Waals surface area (Å²) in [4.78, 5) is 38.9. The number of nitrogens with one attached hydrogen (secondary N) is 3. The summed E-state index contributed by atoms with van der Waals surface area (Å²) in [5, 5.41) is 8.14. The molecule has 2 aromatic carbocycles. The van der Waals surface area contributed by atoms with Gasteiger partial charge in [0.15, 0.2) is 0 Å². The Balaban J connectivity index is 1.60. The largest absolute Gasteiger partial charge is 0.349 e. The lowest BCUT2D eigenvalue weighted by Gasteiger charge is -2.15. The van der Waals surface area contributed by atoms with Crippen molar-refractivity contribution in [2.45, 2.75) is 18.9 Å². The molecule has 0 aliphatic heterocycles. The number of hydrogen-bond acceptors (Lipinski definition) is 4. The van der Waals surface area contributed by atoms with Crippen LogP contribution in [0.15, 0.2) is 48.5 Å². The molecule has 29 heavy (non-hydrogen) atoms. The Hall–Kier alpha value is -3.19. The van der Waals surface area contributed by atoms with Gasteiger partial charge in [-0.2, -0.15) is 0 Å². The van der Waals surface area contributed by atoms with Crippen LogP contribution in [0.2, 0.25) is 0 Å². The zero-order valence-electron chi connectivity index (χ0n) is 16.7. The van der Waals surface area contributed by atoms with E-state index in [1.165, 1.54) is 11.1 Å². The quantitative estimate of drug-likeness (QED) is 0.642. The molecule has 2 aromatic rings. The summed E-state index contributed by atoms with van der Waals surface area (Å²) in [6, 6.07) is 14.8. The van der Waals surface area contributed by atoms with Crippen LogP contribution in [-0.2, 0) is 22.4 Å². The molecule has 0 bridgehead atoms. The molecule has 0 aromatic heterocycles. The summed E-state index contributed by atoms with van der Waals surface area (Å²) in [5.74, 6) is -1.79. The summed E-state index contributed by atoms with van der Waals surface area (Å²) < 4.78 is 0. The molecule has 152 valence electrons. The van der Waals surface area contributed by atoms with E-state index in [9.17, 15) is 14.4 Å². The van der Waals surface area contributed by atoms with Gasteiger partial charge in [0.25, 0.3) is 5.91 Å². The first-order chi connectivity index (χ1) is 13.9. The summed E-state index contributed by atoms with van der Waals surface area (Å²) in [6.45, 7) is 0.991. The maximum Gasteiger partial charge on any atom is 0.313 e. The van der Waals surface area contributed by atoms with Gasteiger partial charge < -0.3 is 20.9 Å². The lowest BCUT2D eigenvalue weighted by Crippen LogP contribution is -2.39. The minimum atomic E-state index is -0.794. The molecule has 0 heterocycles. The van der Waals surface area contributed by atoms with Crippen molar-refractivity contribution in [3.63, 3.8) is 0 Å². The molecule has 0 saturated carbocycles. The number of rotatable bonds is 6. The van der Waals surface area contributed by atoms with Gasteiger partial charge in [-0.15, -0.1) is 0 Å². The van der Waals surface area contributed by atoms with Crippen LogP contribution in [0.4, 0.5) is 5.69 Å². The molecular formula is C22H26N4O3. The van der Waals surface area contributed by atoms with Crippen molar-refractivity contribution in [2.24, 2.45) is 0 Å². The molecule has 0 unspecified atom stereocenters. The van der Waals surface area contributed by atoms with E-state index in [4.69, 9.17) is 0 Å². The first-order valence-corrected chi connectivity index (χ1v) is 9.64. The molecule has 0 atom stereocenters. The van der Waals surface area contributed by atoms with Gasteiger partial charge in [0.2, 0.25) is 0 Å². The molecule has 3 amide bonds. The second-order valence-electron chi connectivity index (χ2n) is 7.41. The third kappa shape index (κ3) is 5.42. The van der Waals surface area contributed by atoms with Gasteiger partial charge in [-0.1, -0.05) is 36.4 Å². The molecule has 1 aliphatic rings. The average Bonchev–Trinajstić information content (AvgIpc) is 3.10. The molecule has 3 N–H and O–H groups in total. The fourth-order valence-corrected chi connectivity index (χ4v) is 3.37. The van der Waals surface area contributed by atoms with Crippen LogP contribution in [0.25, 0.3) is 0 Å². The van der Waals surface area contributed by atoms with Crippen molar-refractivity contribution < 1.29 is 14.4 Å². The molecule has 0 spiro atoms. The van der Waals surface area contributed by atoms with E-state index in [0.717, 1.165) is 12.8 Å². The Morgan fingerprint density at radius 1 is 0.931 bits per heavy atom. The summed E-state index contributed by atoms with van der Waals surface area (Å²) in [7, 11) is 3.76. The van der Waals surface area contributed by atoms with E-state index in [0.29, 0.717) is 24.3 Å². The standard InChI is InChI=1S/C22H26N4O3/c1-26(2)12-11-23-21(28)22(29)25-19-10-6-5-9-18(19)20(27)24-17-13-15-7-3-4-8-16(15)14-17/h3-10,17H,11-14H2,1-2H3,(H,23,28)(H,24,27)(H,25,29). The molecule has 1 aliphatic carbocycles. The third-order valence-electron chi connectivity index (χ3n) is 4.86. The number of para-hydroxylation sites is 1. The summed E-state index contributed by atoms with van der Waals surface area (Å²) >= 11 is 0. The minimum absolute atomic E-state index is 0.0120. The van der Waals surface area contributed by atoms with E-state index in [1.807, 2.05) is 31.1 Å². The number of carbonyl (C=O) groups excluding carboxylic acids is 3. The molecule has 7 nitrogen and oxygen atoms in total. The van der Waals surface area contributed by atoms with Crippen molar-refractivity contribution in [1.82, 2.24) is 15.5 Å². The zero-order valence-corrected chi connectivity index (χ0v) is 16.7. The fraction of sp³-hybridized carbons (Fsp3) is 0.318. The SMILES string of the molecule is CN(C)CCNC(=O)C(=O)Nc1ccccc1C(=O)NC1Cc2ccccc2C1. The second-order valence-corrected chi connectivity index (χ2v) is 7.41. The van der Waals surface area contributed by atoms with E-state index in [-0.39, 0.29) is 11.9 Å². The Morgan fingerprint density at radius 3 is 2.21 bits per heavy atom. The lowest BCUT2D eigenvalue weighted by molar-refractivity contribution is -0.136. The average molecular weight is 394 g/mol. The van der Waals surface area contributed by atoms with Gasteiger partial charge in [-0.3, -0.25) is 14.4 Å². The van der Waals surface area contributed by atoms with E-state index in [2.05, 4.69) is 28.1 Å². The Bertz CT molecular complexity index is 885. The van der Waals surface area contributed by atoms with Crippen LogP contribution in [0.3, 0.4) is 0 Å². The van der Waals surface area contributed by atoms with Crippen molar-refractivity contribution in [1.29, 1.82) is 0 Å². The summed E-state index contributed by atoms with van der Waals surface area (Å²) in [6.07, 6.45) is 1.56. The van der Waals surface area contributed by atoms with Crippen molar-refractivity contribution >= 4 is 23.4 Å². The number of amides is 3. The molecule has 3 rings (SSSR count). The smallest absolute Gasteiger partial charge is 0.313 e. The normalized spacial score (nSPS) is 13.1. The third-order valence-corrected chi connectivity index (χ3v) is 4.86. The van der Waals surface area contributed by atoms with Crippen molar-refractivity contribution in [3.8, 4) is 0 Å².